The summed E-state index contributed by atoms with van der Waals surface area (Å²) in [6.07, 6.45) is 2.30. The Balaban J connectivity index is 4.29. The molecule has 2 nitrogen and oxygen atoms in total. The van der Waals surface area contributed by atoms with Gasteiger partial charge in [-0.15, -0.1) is 0 Å². The third kappa shape index (κ3) is 3.47. The molecule has 0 rings (SSSR count). The van der Waals surface area contributed by atoms with Crippen LogP contribution < -0.4 is 0 Å². The zero-order valence-electron chi connectivity index (χ0n) is 9.41. The molecule has 0 fully saturated rings. The summed E-state index contributed by atoms with van der Waals surface area (Å²) in [5, 5.41) is 0. The van der Waals surface area contributed by atoms with E-state index < -0.39 is 0 Å². The second-order valence-corrected chi connectivity index (χ2v) is 3.94. The number of hydrogen-bond donors (Lipinski definition) is 0. The van der Waals surface area contributed by atoms with Gasteiger partial charge in [-0.05, 0) is 11.8 Å². The number of ether oxygens (including phenoxy) is 1. The van der Waals surface area contributed by atoms with Crippen LogP contribution in [-0.4, -0.2) is 19.5 Å². The Hall–Kier alpha value is -0.370. The van der Waals surface area contributed by atoms with Crippen LogP contribution in [0, 0.1) is 17.8 Å². The molecule has 0 radical (unpaired) electrons. The Morgan fingerprint density at radius 1 is 1.31 bits per heavy atom. The normalized spacial score (nSPS) is 20.4. The van der Waals surface area contributed by atoms with Crippen LogP contribution in [0.3, 0.4) is 0 Å². The van der Waals surface area contributed by atoms with Gasteiger partial charge in [-0.25, -0.2) is 0 Å². The van der Waals surface area contributed by atoms with Crippen molar-refractivity contribution in [3.63, 3.8) is 0 Å². The molecule has 0 saturated heterocycles. The van der Waals surface area contributed by atoms with Gasteiger partial charge in [0.25, 0.3) is 0 Å². The molecule has 0 spiro atoms. The van der Waals surface area contributed by atoms with Gasteiger partial charge >= 0.3 is 0 Å². The minimum absolute atomic E-state index is 0.0824. The lowest BCUT2D eigenvalue weighted by Crippen LogP contribution is -2.32. The van der Waals surface area contributed by atoms with Gasteiger partial charge in [-0.1, -0.05) is 34.1 Å². The summed E-state index contributed by atoms with van der Waals surface area (Å²) in [5.41, 5.74) is 0. The molecule has 0 heterocycles. The monoisotopic (exact) mass is 186 g/mol. The van der Waals surface area contributed by atoms with E-state index in [0.29, 0.717) is 11.8 Å². The van der Waals surface area contributed by atoms with Gasteiger partial charge in [0.05, 0.1) is 6.10 Å². The predicted octanol–water partition coefficient (Wildman–Crippen LogP) is 2.52. The SMILES string of the molecule is CCC(C)C(OC)C(C)C(C)C=O. The molecule has 2 heteroatoms. The van der Waals surface area contributed by atoms with Crippen molar-refractivity contribution in [3.8, 4) is 0 Å². The van der Waals surface area contributed by atoms with E-state index in [-0.39, 0.29) is 12.0 Å². The number of rotatable bonds is 6. The van der Waals surface area contributed by atoms with E-state index in [4.69, 9.17) is 4.74 Å². The van der Waals surface area contributed by atoms with E-state index in [9.17, 15) is 4.79 Å². The van der Waals surface area contributed by atoms with E-state index >= 15 is 0 Å². The molecule has 0 N–H and O–H groups in total. The minimum atomic E-state index is 0.0824. The maximum absolute atomic E-state index is 10.6. The summed E-state index contributed by atoms with van der Waals surface area (Å²) in [5.74, 6) is 0.902. The van der Waals surface area contributed by atoms with Crippen LogP contribution in [0.4, 0.5) is 0 Å². The number of carbonyl (C=O) groups is 1. The highest BCUT2D eigenvalue weighted by Gasteiger charge is 2.26. The zero-order chi connectivity index (χ0) is 10.4. The highest BCUT2D eigenvalue weighted by atomic mass is 16.5. The molecule has 4 unspecified atom stereocenters. The second-order valence-electron chi connectivity index (χ2n) is 3.94. The quantitative estimate of drug-likeness (QED) is 0.596. The summed E-state index contributed by atoms with van der Waals surface area (Å²) in [6, 6.07) is 0. The summed E-state index contributed by atoms with van der Waals surface area (Å²) < 4.78 is 5.43. The molecular weight excluding hydrogens is 164 g/mol. The van der Waals surface area contributed by atoms with Crippen molar-refractivity contribution >= 4 is 6.29 Å². The summed E-state index contributed by atoms with van der Waals surface area (Å²) in [6.45, 7) is 8.35. The smallest absolute Gasteiger partial charge is 0.123 e. The molecule has 0 aliphatic rings. The van der Waals surface area contributed by atoms with Crippen molar-refractivity contribution in [2.24, 2.45) is 17.8 Å². The van der Waals surface area contributed by atoms with E-state index in [1.165, 1.54) is 0 Å². The maximum Gasteiger partial charge on any atom is 0.123 e. The van der Waals surface area contributed by atoms with Crippen molar-refractivity contribution in [2.75, 3.05) is 7.11 Å². The number of carbonyl (C=O) groups excluding carboxylic acids is 1. The lowest BCUT2D eigenvalue weighted by atomic mass is 9.84. The molecule has 0 bridgehead atoms. The molecule has 0 aliphatic heterocycles. The zero-order valence-corrected chi connectivity index (χ0v) is 9.41. The van der Waals surface area contributed by atoms with Crippen LogP contribution in [-0.2, 0) is 9.53 Å². The van der Waals surface area contributed by atoms with Gasteiger partial charge in [0, 0.05) is 13.0 Å². The largest absolute Gasteiger partial charge is 0.381 e. The van der Waals surface area contributed by atoms with E-state index in [1.54, 1.807) is 7.11 Å². The van der Waals surface area contributed by atoms with Crippen molar-refractivity contribution in [1.82, 2.24) is 0 Å². The van der Waals surface area contributed by atoms with Crippen LogP contribution in [0.5, 0.6) is 0 Å². The number of hydrogen-bond acceptors (Lipinski definition) is 2. The highest BCUT2D eigenvalue weighted by Crippen LogP contribution is 2.23. The van der Waals surface area contributed by atoms with Crippen LogP contribution >= 0.6 is 0 Å². The Morgan fingerprint density at radius 3 is 2.15 bits per heavy atom. The van der Waals surface area contributed by atoms with Crippen molar-refractivity contribution < 1.29 is 9.53 Å². The van der Waals surface area contributed by atoms with Crippen LogP contribution in [0.25, 0.3) is 0 Å². The van der Waals surface area contributed by atoms with Crippen LogP contribution in [0.1, 0.15) is 34.1 Å². The second kappa shape index (κ2) is 6.14. The Bertz CT molecular complexity index is 145. The molecule has 0 aromatic rings. The van der Waals surface area contributed by atoms with E-state index in [1.807, 2.05) is 6.92 Å². The Morgan fingerprint density at radius 2 is 1.85 bits per heavy atom. The molecule has 0 saturated carbocycles. The first kappa shape index (κ1) is 12.6. The fraction of sp³-hybridized carbons (Fsp3) is 0.909. The molecule has 0 aliphatic carbocycles. The molecular formula is C11H22O2. The van der Waals surface area contributed by atoms with Crippen LogP contribution in [0.15, 0.2) is 0 Å². The van der Waals surface area contributed by atoms with Gasteiger partial charge < -0.3 is 9.53 Å². The van der Waals surface area contributed by atoms with E-state index in [2.05, 4.69) is 20.8 Å². The molecule has 0 amide bonds. The van der Waals surface area contributed by atoms with Crippen molar-refractivity contribution in [3.05, 3.63) is 0 Å². The summed E-state index contributed by atoms with van der Waals surface area (Å²) in [4.78, 5) is 10.6. The summed E-state index contributed by atoms with van der Waals surface area (Å²) >= 11 is 0. The standard InChI is InChI=1S/C11H22O2/c1-6-8(2)11(13-5)10(4)9(3)7-12/h7-11H,6H2,1-5H3. The van der Waals surface area contributed by atoms with Gasteiger partial charge in [-0.3, -0.25) is 0 Å². The fourth-order valence-corrected chi connectivity index (χ4v) is 1.62. The number of methoxy groups -OCH3 is 1. The van der Waals surface area contributed by atoms with E-state index in [0.717, 1.165) is 12.7 Å². The molecule has 0 aromatic carbocycles. The predicted molar refractivity (Wildman–Crippen MR) is 54.6 cm³/mol. The van der Waals surface area contributed by atoms with Crippen molar-refractivity contribution in [2.45, 2.75) is 40.2 Å². The van der Waals surface area contributed by atoms with Gasteiger partial charge in [-0.2, -0.15) is 0 Å². The average molecular weight is 186 g/mol. The van der Waals surface area contributed by atoms with Gasteiger partial charge in [0.1, 0.15) is 6.29 Å². The average Bonchev–Trinajstić information content (AvgIpc) is 2.17. The Labute approximate surface area is 81.7 Å². The lowest BCUT2D eigenvalue weighted by molar-refractivity contribution is -0.114. The highest BCUT2D eigenvalue weighted by molar-refractivity contribution is 5.53. The van der Waals surface area contributed by atoms with Crippen molar-refractivity contribution in [1.29, 1.82) is 0 Å². The summed E-state index contributed by atoms with van der Waals surface area (Å²) in [7, 11) is 1.73. The maximum atomic E-state index is 10.6. The third-order valence-corrected chi connectivity index (χ3v) is 3.04. The molecule has 13 heavy (non-hydrogen) atoms. The lowest BCUT2D eigenvalue weighted by Gasteiger charge is -2.29. The molecule has 78 valence electrons. The fourth-order valence-electron chi connectivity index (χ4n) is 1.62. The number of aldehydes is 1. The molecule has 0 aromatic heterocycles. The third-order valence-electron chi connectivity index (χ3n) is 3.04. The van der Waals surface area contributed by atoms with Gasteiger partial charge in [0.15, 0.2) is 0 Å². The first-order valence-electron chi connectivity index (χ1n) is 5.06. The topological polar surface area (TPSA) is 26.3 Å². The van der Waals surface area contributed by atoms with Gasteiger partial charge in [0.2, 0.25) is 0 Å². The Kier molecular flexibility index (Phi) is 5.97. The first-order chi connectivity index (χ1) is 6.08. The molecule has 4 atom stereocenters. The van der Waals surface area contributed by atoms with Crippen LogP contribution in [0.2, 0.25) is 0 Å². The first-order valence-corrected chi connectivity index (χ1v) is 5.06. The minimum Gasteiger partial charge on any atom is -0.381 e.